The molecule has 0 saturated heterocycles. The summed E-state index contributed by atoms with van der Waals surface area (Å²) in [7, 11) is 1.44. The lowest BCUT2D eigenvalue weighted by atomic mass is 10.1. The number of rotatable bonds is 3. The van der Waals surface area contributed by atoms with Crippen LogP contribution in [0.1, 0.15) is 20.7 Å². The van der Waals surface area contributed by atoms with Crippen molar-refractivity contribution in [3.8, 4) is 11.5 Å². The van der Waals surface area contributed by atoms with Crippen molar-refractivity contribution in [1.82, 2.24) is 5.32 Å². The highest BCUT2D eigenvalue weighted by Crippen LogP contribution is 2.34. The maximum atomic E-state index is 13.7. The van der Waals surface area contributed by atoms with Gasteiger partial charge in [0, 0.05) is 18.3 Å². The van der Waals surface area contributed by atoms with E-state index in [2.05, 4.69) is 10.6 Å². The molecule has 7 heteroatoms. The van der Waals surface area contributed by atoms with Crippen LogP contribution < -0.4 is 20.1 Å². The molecule has 0 aromatic heterocycles. The van der Waals surface area contributed by atoms with Gasteiger partial charge in [0.2, 0.25) is 0 Å². The second-order valence-corrected chi connectivity index (χ2v) is 5.09. The van der Waals surface area contributed by atoms with Crippen LogP contribution in [0.4, 0.5) is 10.1 Å². The Morgan fingerprint density at radius 3 is 2.67 bits per heavy atom. The van der Waals surface area contributed by atoms with Gasteiger partial charge < -0.3 is 20.1 Å². The maximum Gasteiger partial charge on any atom is 0.259 e. The van der Waals surface area contributed by atoms with E-state index in [0.29, 0.717) is 24.7 Å². The second-order valence-electron chi connectivity index (χ2n) is 5.09. The van der Waals surface area contributed by atoms with Gasteiger partial charge in [-0.3, -0.25) is 9.59 Å². The lowest BCUT2D eigenvalue weighted by Gasteiger charge is -2.20. The van der Waals surface area contributed by atoms with Crippen LogP contribution in [-0.4, -0.2) is 32.1 Å². The molecule has 6 nitrogen and oxygen atoms in total. The number of hydrogen-bond acceptors (Lipinski definition) is 4. The van der Waals surface area contributed by atoms with Crippen LogP contribution in [0.15, 0.2) is 36.4 Å². The Kier molecular flexibility index (Phi) is 4.33. The molecule has 0 atom stereocenters. The summed E-state index contributed by atoms with van der Waals surface area (Å²) in [6.07, 6.45) is 0. The topological polar surface area (TPSA) is 76.7 Å². The Labute approximate surface area is 137 Å². The fourth-order valence-electron chi connectivity index (χ4n) is 2.39. The zero-order chi connectivity index (χ0) is 17.1. The Balaban J connectivity index is 1.88. The van der Waals surface area contributed by atoms with Crippen LogP contribution in [0.3, 0.4) is 0 Å². The molecule has 0 bridgehead atoms. The van der Waals surface area contributed by atoms with Gasteiger partial charge in [-0.15, -0.1) is 0 Å². The number of carbonyl (C=O) groups is 2. The smallest absolute Gasteiger partial charge is 0.259 e. The number of halogens is 1. The first-order valence-electron chi connectivity index (χ1n) is 7.31. The molecule has 2 aromatic rings. The third-order valence-electron chi connectivity index (χ3n) is 3.46. The number of ether oxygens (including phenoxy) is 2. The van der Waals surface area contributed by atoms with E-state index in [1.54, 1.807) is 18.2 Å². The summed E-state index contributed by atoms with van der Waals surface area (Å²) in [6.45, 7) is 0.759. The first-order valence-corrected chi connectivity index (χ1v) is 7.31. The highest BCUT2D eigenvalue weighted by atomic mass is 19.1. The van der Waals surface area contributed by atoms with Crippen molar-refractivity contribution in [3.63, 3.8) is 0 Å². The third kappa shape index (κ3) is 3.15. The van der Waals surface area contributed by atoms with Crippen molar-refractivity contribution in [2.24, 2.45) is 0 Å². The van der Waals surface area contributed by atoms with E-state index in [1.807, 2.05) is 0 Å². The fraction of sp³-hybridized carbons (Fsp3) is 0.176. The van der Waals surface area contributed by atoms with E-state index >= 15 is 0 Å². The van der Waals surface area contributed by atoms with Gasteiger partial charge in [0.15, 0.2) is 11.5 Å². The van der Waals surface area contributed by atoms with Crippen LogP contribution in [0.2, 0.25) is 0 Å². The Morgan fingerprint density at radius 2 is 1.88 bits per heavy atom. The van der Waals surface area contributed by atoms with Crippen molar-refractivity contribution in [2.45, 2.75) is 0 Å². The second kappa shape index (κ2) is 6.57. The largest absolute Gasteiger partial charge is 0.486 e. The molecule has 0 fully saturated rings. The van der Waals surface area contributed by atoms with Crippen LogP contribution in [0.5, 0.6) is 11.5 Å². The number of benzene rings is 2. The molecule has 2 amide bonds. The van der Waals surface area contributed by atoms with E-state index in [0.717, 1.165) is 12.1 Å². The molecule has 0 radical (unpaired) electrons. The average Bonchev–Trinajstić information content (AvgIpc) is 2.60. The Morgan fingerprint density at radius 1 is 1.08 bits per heavy atom. The van der Waals surface area contributed by atoms with Gasteiger partial charge in [0.1, 0.15) is 19.0 Å². The summed E-state index contributed by atoms with van der Waals surface area (Å²) >= 11 is 0. The molecular weight excluding hydrogens is 315 g/mol. The standard InChI is InChI=1S/C17H15FN2O4/c1-19-16(21)10-7-11(18)9-12(8-10)20-17(22)13-3-2-4-14-15(13)24-6-5-23-14/h2-4,7-9H,5-6H2,1H3,(H,19,21)(H,20,22). The summed E-state index contributed by atoms with van der Waals surface area (Å²) in [5.74, 6) is -0.714. The average molecular weight is 330 g/mol. The number of nitrogens with one attached hydrogen (secondary N) is 2. The summed E-state index contributed by atoms with van der Waals surface area (Å²) in [5.41, 5.74) is 0.563. The lowest BCUT2D eigenvalue weighted by molar-refractivity contribution is 0.0960. The summed E-state index contributed by atoms with van der Waals surface area (Å²) in [4.78, 5) is 24.1. The van der Waals surface area contributed by atoms with E-state index in [-0.39, 0.29) is 16.8 Å². The molecule has 0 aliphatic carbocycles. The van der Waals surface area contributed by atoms with Gasteiger partial charge in [-0.05, 0) is 30.3 Å². The van der Waals surface area contributed by atoms with Crippen molar-refractivity contribution in [2.75, 3.05) is 25.6 Å². The summed E-state index contributed by atoms with van der Waals surface area (Å²) in [6, 6.07) is 8.59. The van der Waals surface area contributed by atoms with Gasteiger partial charge in [-0.1, -0.05) is 6.07 Å². The summed E-state index contributed by atoms with van der Waals surface area (Å²) in [5, 5.41) is 4.98. The van der Waals surface area contributed by atoms with E-state index in [4.69, 9.17) is 9.47 Å². The molecule has 24 heavy (non-hydrogen) atoms. The van der Waals surface area contributed by atoms with E-state index in [9.17, 15) is 14.0 Å². The van der Waals surface area contributed by atoms with Crippen molar-refractivity contribution >= 4 is 17.5 Å². The van der Waals surface area contributed by atoms with E-state index in [1.165, 1.54) is 13.1 Å². The van der Waals surface area contributed by atoms with Gasteiger partial charge in [-0.25, -0.2) is 4.39 Å². The van der Waals surface area contributed by atoms with Crippen LogP contribution in [-0.2, 0) is 0 Å². The first-order chi connectivity index (χ1) is 11.6. The quantitative estimate of drug-likeness (QED) is 0.905. The molecule has 2 aromatic carbocycles. The molecule has 1 heterocycles. The van der Waals surface area contributed by atoms with Crippen LogP contribution in [0, 0.1) is 5.82 Å². The minimum Gasteiger partial charge on any atom is -0.486 e. The SMILES string of the molecule is CNC(=O)c1cc(F)cc(NC(=O)c2cccc3c2OCCO3)c1. The van der Waals surface area contributed by atoms with E-state index < -0.39 is 17.6 Å². The molecular formula is C17H15FN2O4. The fourth-order valence-corrected chi connectivity index (χ4v) is 2.39. The third-order valence-corrected chi connectivity index (χ3v) is 3.46. The lowest BCUT2D eigenvalue weighted by Crippen LogP contribution is -2.21. The van der Waals surface area contributed by atoms with Crippen LogP contribution >= 0.6 is 0 Å². The number of fused-ring (bicyclic) bond motifs is 1. The molecule has 1 aliphatic rings. The highest BCUT2D eigenvalue weighted by Gasteiger charge is 2.20. The number of hydrogen-bond donors (Lipinski definition) is 2. The monoisotopic (exact) mass is 330 g/mol. The highest BCUT2D eigenvalue weighted by molar-refractivity contribution is 6.07. The summed E-state index contributed by atoms with van der Waals surface area (Å²) < 4.78 is 24.6. The minimum atomic E-state index is -0.624. The molecule has 0 saturated carbocycles. The number of amides is 2. The zero-order valence-corrected chi connectivity index (χ0v) is 12.9. The molecule has 0 unspecified atom stereocenters. The number of carbonyl (C=O) groups excluding carboxylic acids is 2. The molecule has 0 spiro atoms. The van der Waals surface area contributed by atoms with Crippen molar-refractivity contribution in [3.05, 3.63) is 53.3 Å². The molecule has 1 aliphatic heterocycles. The minimum absolute atomic E-state index is 0.113. The molecule has 124 valence electrons. The molecule has 3 rings (SSSR count). The van der Waals surface area contributed by atoms with Gasteiger partial charge in [0.05, 0.1) is 5.56 Å². The van der Waals surface area contributed by atoms with Gasteiger partial charge in [0.25, 0.3) is 11.8 Å². The van der Waals surface area contributed by atoms with Crippen molar-refractivity contribution < 1.29 is 23.5 Å². The Hall–Kier alpha value is -3.09. The van der Waals surface area contributed by atoms with Gasteiger partial charge >= 0.3 is 0 Å². The first kappa shape index (κ1) is 15.8. The van der Waals surface area contributed by atoms with Gasteiger partial charge in [-0.2, -0.15) is 0 Å². The van der Waals surface area contributed by atoms with Crippen LogP contribution in [0.25, 0.3) is 0 Å². The normalized spacial score (nSPS) is 12.4. The Bertz CT molecular complexity index is 807. The van der Waals surface area contributed by atoms with Crippen molar-refractivity contribution in [1.29, 1.82) is 0 Å². The predicted octanol–water partition coefficient (Wildman–Crippen LogP) is 2.21. The number of anilines is 1. The molecule has 2 N–H and O–H groups in total. The zero-order valence-electron chi connectivity index (χ0n) is 12.9. The number of para-hydroxylation sites is 1. The maximum absolute atomic E-state index is 13.7. The predicted molar refractivity (Wildman–Crippen MR) is 85.2 cm³/mol.